The van der Waals surface area contributed by atoms with E-state index in [-0.39, 0.29) is 5.91 Å². The van der Waals surface area contributed by atoms with E-state index in [1.165, 1.54) is 32.1 Å². The molecule has 1 atom stereocenters. The van der Waals surface area contributed by atoms with Gasteiger partial charge in [0.2, 0.25) is 0 Å². The van der Waals surface area contributed by atoms with E-state index in [1.807, 2.05) is 0 Å². The average molecular weight is 217 g/mol. The molecule has 0 heterocycles. The number of nitrogens with one attached hydrogen (secondary N) is 1. The maximum atomic E-state index is 5.28. The van der Waals surface area contributed by atoms with Crippen molar-refractivity contribution in [2.45, 2.75) is 50.6 Å². The van der Waals surface area contributed by atoms with Crippen LogP contribution in [0.2, 0.25) is 6.55 Å². The predicted molar refractivity (Wildman–Crippen MR) is 60.8 cm³/mol. The molecule has 0 amide bonds. The summed E-state index contributed by atoms with van der Waals surface area (Å²) in [6.07, 6.45) is 6.83. The molecule has 0 aromatic heterocycles. The van der Waals surface area contributed by atoms with Gasteiger partial charge in [0, 0.05) is 20.3 Å². The molecule has 1 rings (SSSR count). The Morgan fingerprint density at radius 2 is 1.71 bits per heavy atom. The van der Waals surface area contributed by atoms with Crippen LogP contribution in [0.5, 0.6) is 0 Å². The van der Waals surface area contributed by atoms with Crippen LogP contribution in [0.3, 0.4) is 0 Å². The summed E-state index contributed by atoms with van der Waals surface area (Å²) in [5, 5.41) is 0. The van der Waals surface area contributed by atoms with Gasteiger partial charge in [0.15, 0.2) is 14.9 Å². The second-order valence-electron chi connectivity index (χ2n) is 4.13. The molecule has 4 heteroatoms. The van der Waals surface area contributed by atoms with Crippen molar-refractivity contribution in [1.82, 2.24) is 4.98 Å². The second kappa shape index (κ2) is 6.56. The third kappa shape index (κ3) is 3.69. The zero-order valence-corrected chi connectivity index (χ0v) is 10.7. The zero-order valence-electron chi connectivity index (χ0n) is 9.58. The van der Waals surface area contributed by atoms with Crippen molar-refractivity contribution in [1.29, 1.82) is 0 Å². The molecule has 0 aromatic rings. The van der Waals surface area contributed by atoms with Crippen LogP contribution in [0.1, 0.15) is 32.1 Å². The van der Waals surface area contributed by atoms with Gasteiger partial charge in [0.05, 0.1) is 0 Å². The third-order valence-corrected chi connectivity index (χ3v) is 5.33. The molecule has 1 N–H and O–H groups in total. The van der Waals surface area contributed by atoms with Gasteiger partial charge < -0.3 is 14.5 Å². The molecule has 0 aliphatic heterocycles. The van der Waals surface area contributed by atoms with Crippen molar-refractivity contribution in [2.75, 3.05) is 14.2 Å². The lowest BCUT2D eigenvalue weighted by atomic mass is 9.96. The molecular formula is C10H23NO2Si. The molecule has 1 saturated carbocycles. The number of rotatable bonds is 5. The second-order valence-corrected chi connectivity index (χ2v) is 6.59. The van der Waals surface area contributed by atoms with Crippen molar-refractivity contribution in [3.8, 4) is 0 Å². The lowest BCUT2D eigenvalue weighted by Gasteiger charge is -2.29. The monoisotopic (exact) mass is 217 g/mol. The number of methoxy groups -OCH3 is 2. The van der Waals surface area contributed by atoms with E-state index in [9.17, 15) is 0 Å². The molecular weight excluding hydrogens is 194 g/mol. The highest BCUT2D eigenvalue weighted by Crippen LogP contribution is 2.17. The van der Waals surface area contributed by atoms with Gasteiger partial charge >= 0.3 is 0 Å². The number of hydrogen-bond acceptors (Lipinski definition) is 3. The van der Waals surface area contributed by atoms with E-state index in [4.69, 9.17) is 9.47 Å². The minimum Gasteiger partial charge on any atom is -0.358 e. The Labute approximate surface area is 88.9 Å². The SMILES string of the molecule is COC(OC)[SiH](C)NC1CCCCC1. The zero-order chi connectivity index (χ0) is 10.4. The molecule has 1 aliphatic carbocycles. The molecule has 1 fully saturated rings. The van der Waals surface area contributed by atoms with Crippen LogP contribution in [-0.2, 0) is 9.47 Å². The fourth-order valence-electron chi connectivity index (χ4n) is 2.22. The first-order valence-corrected chi connectivity index (χ1v) is 7.99. The molecule has 84 valence electrons. The molecule has 3 nitrogen and oxygen atoms in total. The van der Waals surface area contributed by atoms with Gasteiger partial charge in [-0.2, -0.15) is 0 Å². The highest BCUT2D eigenvalue weighted by molar-refractivity contribution is 6.55. The van der Waals surface area contributed by atoms with Gasteiger partial charge in [-0.3, -0.25) is 0 Å². The van der Waals surface area contributed by atoms with Crippen molar-refractivity contribution < 1.29 is 9.47 Å². The standard InChI is InChI=1S/C10H23NO2Si/c1-12-10(13-2)14(3)11-9-7-5-4-6-8-9/h9-11,14H,4-8H2,1-3H3. The van der Waals surface area contributed by atoms with Crippen LogP contribution in [0.4, 0.5) is 0 Å². The summed E-state index contributed by atoms with van der Waals surface area (Å²) in [5.41, 5.74) is 0. The molecule has 0 bridgehead atoms. The van der Waals surface area contributed by atoms with E-state index >= 15 is 0 Å². The molecule has 0 saturated heterocycles. The van der Waals surface area contributed by atoms with E-state index in [1.54, 1.807) is 14.2 Å². The largest absolute Gasteiger partial charge is 0.358 e. The first-order chi connectivity index (χ1) is 6.77. The quantitative estimate of drug-likeness (QED) is 0.558. The molecule has 0 spiro atoms. The molecule has 0 radical (unpaired) electrons. The highest BCUT2D eigenvalue weighted by atomic mass is 28.3. The smallest absolute Gasteiger partial charge is 0.172 e. The van der Waals surface area contributed by atoms with Crippen molar-refractivity contribution in [2.24, 2.45) is 0 Å². The van der Waals surface area contributed by atoms with Gasteiger partial charge in [-0.15, -0.1) is 0 Å². The van der Waals surface area contributed by atoms with Gasteiger partial charge in [0.25, 0.3) is 0 Å². The summed E-state index contributed by atoms with van der Waals surface area (Å²) in [5.74, 6) is 0.0110. The Morgan fingerprint density at radius 3 is 2.21 bits per heavy atom. The Bertz CT molecular complexity index is 147. The summed E-state index contributed by atoms with van der Waals surface area (Å²) >= 11 is 0. The lowest BCUT2D eigenvalue weighted by Crippen LogP contribution is -2.49. The van der Waals surface area contributed by atoms with Gasteiger partial charge in [0.1, 0.15) is 0 Å². The Hall–Kier alpha value is 0.0969. The lowest BCUT2D eigenvalue weighted by molar-refractivity contribution is -0.0483. The predicted octanol–water partition coefficient (Wildman–Crippen LogP) is 1.42. The first-order valence-electron chi connectivity index (χ1n) is 5.59. The first kappa shape index (κ1) is 12.2. The minimum atomic E-state index is -1.08. The Morgan fingerprint density at radius 1 is 1.14 bits per heavy atom. The van der Waals surface area contributed by atoms with Crippen molar-refractivity contribution in [3.05, 3.63) is 0 Å². The van der Waals surface area contributed by atoms with Gasteiger partial charge in [-0.05, 0) is 12.8 Å². The van der Waals surface area contributed by atoms with Crippen LogP contribution in [0.25, 0.3) is 0 Å². The molecule has 1 unspecified atom stereocenters. The van der Waals surface area contributed by atoms with Crippen LogP contribution in [-0.4, -0.2) is 35.1 Å². The summed E-state index contributed by atoms with van der Waals surface area (Å²) in [6, 6.07) is 0.721. The maximum absolute atomic E-state index is 5.28. The van der Waals surface area contributed by atoms with E-state index in [0.29, 0.717) is 0 Å². The van der Waals surface area contributed by atoms with Crippen LogP contribution >= 0.6 is 0 Å². The topological polar surface area (TPSA) is 30.5 Å². The molecule has 14 heavy (non-hydrogen) atoms. The van der Waals surface area contributed by atoms with E-state index in [2.05, 4.69) is 11.5 Å². The maximum Gasteiger partial charge on any atom is 0.172 e. The van der Waals surface area contributed by atoms with Crippen LogP contribution in [0.15, 0.2) is 0 Å². The average Bonchev–Trinajstić information content (AvgIpc) is 2.21. The highest BCUT2D eigenvalue weighted by Gasteiger charge is 2.22. The fourth-order valence-corrected chi connectivity index (χ4v) is 4.27. The summed E-state index contributed by atoms with van der Waals surface area (Å²) in [4.78, 5) is 3.71. The van der Waals surface area contributed by atoms with Gasteiger partial charge in [-0.1, -0.05) is 25.8 Å². The molecule has 0 aromatic carbocycles. The van der Waals surface area contributed by atoms with E-state index in [0.717, 1.165) is 6.04 Å². The van der Waals surface area contributed by atoms with Crippen molar-refractivity contribution in [3.63, 3.8) is 0 Å². The normalized spacial score (nSPS) is 21.4. The third-order valence-electron chi connectivity index (χ3n) is 2.98. The van der Waals surface area contributed by atoms with Crippen LogP contribution < -0.4 is 4.98 Å². The summed E-state index contributed by atoms with van der Waals surface area (Å²) < 4.78 is 10.6. The van der Waals surface area contributed by atoms with Crippen molar-refractivity contribution >= 4 is 8.96 Å². The molecule has 1 aliphatic rings. The number of ether oxygens (including phenoxy) is 2. The minimum absolute atomic E-state index is 0.0110. The summed E-state index contributed by atoms with van der Waals surface area (Å²) in [7, 11) is 2.36. The van der Waals surface area contributed by atoms with Crippen LogP contribution in [0, 0.1) is 0 Å². The Balaban J connectivity index is 2.26. The van der Waals surface area contributed by atoms with Gasteiger partial charge in [-0.25, -0.2) is 0 Å². The number of hydrogen-bond donors (Lipinski definition) is 1. The van der Waals surface area contributed by atoms with E-state index < -0.39 is 8.96 Å². The Kier molecular flexibility index (Phi) is 5.70. The fraction of sp³-hybridized carbons (Fsp3) is 1.00. The summed E-state index contributed by atoms with van der Waals surface area (Å²) in [6.45, 7) is 2.26.